The normalized spacial score (nSPS) is 24.7. The quantitative estimate of drug-likeness (QED) is 0.688. The average molecular weight is 376 g/mol. The van der Waals surface area contributed by atoms with E-state index in [-0.39, 0.29) is 11.5 Å². The summed E-state index contributed by atoms with van der Waals surface area (Å²) in [5.74, 6) is 1.50. The Morgan fingerprint density at radius 3 is 2.81 bits per heavy atom. The number of nitrogens with zero attached hydrogens (tertiary/aromatic N) is 3. The lowest BCUT2D eigenvalue weighted by Gasteiger charge is -2.42. The van der Waals surface area contributed by atoms with Gasteiger partial charge in [0.05, 0.1) is 11.3 Å². The Labute approximate surface area is 162 Å². The van der Waals surface area contributed by atoms with E-state index in [0.29, 0.717) is 11.6 Å². The highest BCUT2D eigenvalue weighted by molar-refractivity contribution is 5.92. The van der Waals surface area contributed by atoms with Crippen molar-refractivity contribution in [2.75, 3.05) is 32.9 Å². The van der Waals surface area contributed by atoms with E-state index in [9.17, 15) is 4.79 Å². The molecule has 0 N–H and O–H groups in total. The fraction of sp³-hybridized carbons (Fsp3) is 0.810. The molecule has 1 atom stereocenters. The molecule has 4 rings (SSSR count). The number of ether oxygens (including phenoxy) is 2. The summed E-state index contributed by atoms with van der Waals surface area (Å²) in [6.45, 7) is 8.87. The number of hydrogen-bond acceptors (Lipinski definition) is 4. The van der Waals surface area contributed by atoms with E-state index >= 15 is 0 Å². The van der Waals surface area contributed by atoms with Crippen LogP contribution in [0.25, 0.3) is 0 Å². The van der Waals surface area contributed by atoms with Crippen LogP contribution in [0.3, 0.4) is 0 Å². The third-order valence-corrected chi connectivity index (χ3v) is 6.58. The molecule has 1 spiro atoms. The lowest BCUT2D eigenvalue weighted by molar-refractivity contribution is -0.0673. The van der Waals surface area contributed by atoms with Crippen molar-refractivity contribution in [2.45, 2.75) is 64.5 Å². The van der Waals surface area contributed by atoms with Gasteiger partial charge in [0.1, 0.15) is 5.69 Å². The molecule has 1 aromatic rings. The van der Waals surface area contributed by atoms with Crippen LogP contribution in [0.4, 0.5) is 0 Å². The highest BCUT2D eigenvalue weighted by Gasteiger charge is 2.46. The first-order chi connectivity index (χ1) is 13.1. The van der Waals surface area contributed by atoms with E-state index in [1.807, 2.05) is 29.5 Å². The minimum Gasteiger partial charge on any atom is -0.381 e. The molecule has 6 nitrogen and oxygen atoms in total. The number of aromatic nitrogens is 2. The number of hydrogen-bond donors (Lipinski definition) is 0. The molecule has 1 aliphatic carbocycles. The van der Waals surface area contributed by atoms with Gasteiger partial charge in [-0.25, -0.2) is 0 Å². The third-order valence-electron chi connectivity index (χ3n) is 6.58. The van der Waals surface area contributed by atoms with Crippen LogP contribution in [0.5, 0.6) is 0 Å². The number of amides is 1. The summed E-state index contributed by atoms with van der Waals surface area (Å²) < 4.78 is 13.9. The Kier molecular flexibility index (Phi) is 5.55. The predicted molar refractivity (Wildman–Crippen MR) is 103 cm³/mol. The molecule has 1 amide bonds. The van der Waals surface area contributed by atoms with Gasteiger partial charge in [-0.2, -0.15) is 5.10 Å². The Bertz CT molecular complexity index is 660. The summed E-state index contributed by atoms with van der Waals surface area (Å²) in [6, 6.07) is 1.91. The summed E-state index contributed by atoms with van der Waals surface area (Å²) in [5, 5.41) is 4.42. The second kappa shape index (κ2) is 7.92. The van der Waals surface area contributed by atoms with Crippen molar-refractivity contribution >= 4 is 5.91 Å². The molecule has 3 aliphatic rings. The van der Waals surface area contributed by atoms with Gasteiger partial charge in [0, 0.05) is 39.5 Å². The number of piperidine rings is 1. The van der Waals surface area contributed by atoms with Crippen LogP contribution in [0, 0.1) is 18.8 Å². The minimum atomic E-state index is -0.0410. The Morgan fingerprint density at radius 2 is 2.11 bits per heavy atom. The van der Waals surface area contributed by atoms with Crippen molar-refractivity contribution in [2.24, 2.45) is 11.8 Å². The third kappa shape index (κ3) is 4.06. The molecule has 1 aromatic heterocycles. The van der Waals surface area contributed by atoms with Crippen LogP contribution in [0.2, 0.25) is 0 Å². The lowest BCUT2D eigenvalue weighted by atomic mass is 9.78. The van der Waals surface area contributed by atoms with Crippen LogP contribution in [0.15, 0.2) is 6.07 Å². The zero-order valence-corrected chi connectivity index (χ0v) is 16.8. The first-order valence-corrected chi connectivity index (χ1v) is 10.7. The van der Waals surface area contributed by atoms with Crippen molar-refractivity contribution in [1.82, 2.24) is 14.7 Å². The van der Waals surface area contributed by atoms with Gasteiger partial charge in [-0.05, 0) is 70.3 Å². The topological polar surface area (TPSA) is 56.6 Å². The fourth-order valence-corrected chi connectivity index (χ4v) is 4.71. The Balaban J connectivity index is 1.32. The first kappa shape index (κ1) is 18.9. The molecule has 0 aromatic carbocycles. The number of likely N-dealkylation sites (tertiary alicyclic amines) is 1. The summed E-state index contributed by atoms with van der Waals surface area (Å²) >= 11 is 0. The Morgan fingerprint density at radius 1 is 1.33 bits per heavy atom. The van der Waals surface area contributed by atoms with Gasteiger partial charge in [-0.1, -0.05) is 0 Å². The van der Waals surface area contributed by atoms with Gasteiger partial charge in [-0.3, -0.25) is 9.48 Å². The summed E-state index contributed by atoms with van der Waals surface area (Å²) in [7, 11) is 0. The number of carbonyl (C=O) groups is 1. The summed E-state index contributed by atoms with van der Waals surface area (Å²) in [5.41, 5.74) is 1.57. The fourth-order valence-electron chi connectivity index (χ4n) is 4.71. The zero-order valence-electron chi connectivity index (χ0n) is 16.8. The van der Waals surface area contributed by atoms with Crippen molar-refractivity contribution in [1.29, 1.82) is 0 Å². The number of aryl methyl sites for hydroxylation is 2. The van der Waals surface area contributed by atoms with E-state index < -0.39 is 0 Å². The van der Waals surface area contributed by atoms with Crippen molar-refractivity contribution in [3.8, 4) is 0 Å². The summed E-state index contributed by atoms with van der Waals surface area (Å²) in [6.07, 6.45) is 6.77. The molecule has 2 aliphatic heterocycles. The minimum absolute atomic E-state index is 0.0410. The second-order valence-electron chi connectivity index (χ2n) is 8.48. The molecule has 0 unspecified atom stereocenters. The molecular weight excluding hydrogens is 342 g/mol. The van der Waals surface area contributed by atoms with Crippen LogP contribution in [-0.2, 0) is 16.0 Å². The van der Waals surface area contributed by atoms with Crippen LogP contribution in [0.1, 0.15) is 61.6 Å². The molecule has 3 fully saturated rings. The van der Waals surface area contributed by atoms with Crippen LogP contribution < -0.4 is 0 Å². The lowest BCUT2D eigenvalue weighted by Crippen LogP contribution is -2.49. The highest BCUT2D eigenvalue weighted by Crippen LogP contribution is 2.42. The molecule has 27 heavy (non-hydrogen) atoms. The van der Waals surface area contributed by atoms with Gasteiger partial charge in [0.15, 0.2) is 0 Å². The first-order valence-electron chi connectivity index (χ1n) is 10.7. The molecular formula is C21H33N3O3. The van der Waals surface area contributed by atoms with Crippen molar-refractivity contribution in [3.05, 3.63) is 17.5 Å². The smallest absolute Gasteiger partial charge is 0.272 e. The average Bonchev–Trinajstić information content (AvgIpc) is 3.32. The van der Waals surface area contributed by atoms with Gasteiger partial charge >= 0.3 is 0 Å². The second-order valence-corrected chi connectivity index (χ2v) is 8.48. The van der Waals surface area contributed by atoms with Gasteiger partial charge < -0.3 is 14.4 Å². The maximum Gasteiger partial charge on any atom is 0.272 e. The largest absolute Gasteiger partial charge is 0.381 e. The predicted octanol–water partition coefficient (Wildman–Crippen LogP) is 3.04. The van der Waals surface area contributed by atoms with Gasteiger partial charge in [-0.15, -0.1) is 0 Å². The van der Waals surface area contributed by atoms with E-state index in [0.717, 1.165) is 76.8 Å². The van der Waals surface area contributed by atoms with Crippen LogP contribution in [-0.4, -0.2) is 59.1 Å². The van der Waals surface area contributed by atoms with Crippen molar-refractivity contribution in [3.63, 3.8) is 0 Å². The molecule has 0 radical (unpaired) electrons. The van der Waals surface area contributed by atoms with Crippen molar-refractivity contribution < 1.29 is 14.3 Å². The molecule has 3 heterocycles. The maximum atomic E-state index is 13.0. The molecule has 1 saturated carbocycles. The van der Waals surface area contributed by atoms with E-state index in [2.05, 4.69) is 5.10 Å². The van der Waals surface area contributed by atoms with Crippen LogP contribution >= 0.6 is 0 Å². The van der Waals surface area contributed by atoms with E-state index in [1.165, 1.54) is 12.8 Å². The number of carbonyl (C=O) groups excluding carboxylic acids is 1. The standard InChI is InChI=1S/C21H33N3O3/c1-3-24-19(14-16(2)22-24)20(25)23-10-8-21(9-11-23)18(7-13-27-21)6-12-26-15-17-4-5-17/h14,17-18H,3-13,15H2,1-2H3/t18-/m1/s1. The number of rotatable bonds is 7. The summed E-state index contributed by atoms with van der Waals surface area (Å²) in [4.78, 5) is 14.9. The maximum absolute atomic E-state index is 13.0. The van der Waals surface area contributed by atoms with E-state index in [4.69, 9.17) is 9.47 Å². The molecule has 150 valence electrons. The van der Waals surface area contributed by atoms with E-state index in [1.54, 1.807) is 0 Å². The molecule has 0 bridgehead atoms. The van der Waals surface area contributed by atoms with Gasteiger partial charge in [0.25, 0.3) is 5.91 Å². The Hall–Kier alpha value is -1.40. The SMILES string of the molecule is CCn1nc(C)cc1C(=O)N1CCC2(CC1)OCC[C@H]2CCOCC1CC1. The molecule has 2 saturated heterocycles. The monoisotopic (exact) mass is 375 g/mol. The van der Waals surface area contributed by atoms with Gasteiger partial charge in [0.2, 0.25) is 0 Å². The molecule has 6 heteroatoms. The highest BCUT2D eigenvalue weighted by atomic mass is 16.5. The zero-order chi connectivity index (χ0) is 18.9.